The third-order valence-corrected chi connectivity index (χ3v) is 2.76. The van der Waals surface area contributed by atoms with Gasteiger partial charge in [0.15, 0.2) is 0 Å². The zero-order valence-corrected chi connectivity index (χ0v) is 10.4. The molecule has 0 aliphatic carbocycles. The van der Waals surface area contributed by atoms with Gasteiger partial charge in [-0.3, -0.25) is 9.78 Å². The maximum absolute atomic E-state index is 12.3. The number of carbonyl (C=O) groups is 1. The average Bonchev–Trinajstić information content (AvgIpc) is 2.41. The van der Waals surface area contributed by atoms with Crippen molar-refractivity contribution in [1.82, 2.24) is 9.97 Å². The second-order valence-corrected chi connectivity index (χ2v) is 4.07. The number of aromatic nitrogens is 2. The molecule has 2 heterocycles. The number of anilines is 2. The minimum absolute atomic E-state index is 0.250. The van der Waals surface area contributed by atoms with E-state index in [0.29, 0.717) is 5.56 Å². The number of hydrogen-bond donors (Lipinski definition) is 1. The van der Waals surface area contributed by atoms with Crippen molar-refractivity contribution in [2.24, 2.45) is 0 Å². The van der Waals surface area contributed by atoms with Crippen LogP contribution in [0.25, 0.3) is 0 Å². The van der Waals surface area contributed by atoms with Gasteiger partial charge < -0.3 is 10.6 Å². The number of hydrogen-bond acceptors (Lipinski definition) is 4. The summed E-state index contributed by atoms with van der Waals surface area (Å²) in [6.07, 6.45) is 4.59. The lowest BCUT2D eigenvalue weighted by atomic mass is 10.2. The van der Waals surface area contributed by atoms with Crippen molar-refractivity contribution in [3.05, 3.63) is 47.4 Å². The first-order valence-corrected chi connectivity index (χ1v) is 5.56. The average molecular weight is 263 g/mol. The number of rotatable bonds is 2. The van der Waals surface area contributed by atoms with Crippen LogP contribution in [0.4, 0.5) is 11.5 Å². The Morgan fingerprint density at radius 3 is 2.72 bits per heavy atom. The van der Waals surface area contributed by atoms with Gasteiger partial charge in [0.1, 0.15) is 5.82 Å². The van der Waals surface area contributed by atoms with Crippen molar-refractivity contribution in [3.8, 4) is 0 Å². The molecule has 2 aromatic heterocycles. The molecule has 92 valence electrons. The van der Waals surface area contributed by atoms with Gasteiger partial charge in [0.25, 0.3) is 5.91 Å². The number of pyridine rings is 2. The van der Waals surface area contributed by atoms with Gasteiger partial charge >= 0.3 is 0 Å². The maximum atomic E-state index is 12.3. The number of nitrogens with zero attached hydrogens (tertiary/aromatic N) is 3. The molecule has 0 aliphatic rings. The summed E-state index contributed by atoms with van der Waals surface area (Å²) < 4.78 is 0. The monoisotopic (exact) mass is 262 g/mol. The van der Waals surface area contributed by atoms with E-state index in [1.54, 1.807) is 31.6 Å². The molecule has 2 N–H and O–H groups in total. The van der Waals surface area contributed by atoms with Crippen LogP contribution in [0.2, 0.25) is 5.02 Å². The summed E-state index contributed by atoms with van der Waals surface area (Å²) in [7, 11) is 1.66. The Bertz CT molecular complexity index is 574. The summed E-state index contributed by atoms with van der Waals surface area (Å²) in [6.45, 7) is 0. The first kappa shape index (κ1) is 12.3. The van der Waals surface area contributed by atoms with E-state index >= 15 is 0 Å². The van der Waals surface area contributed by atoms with E-state index in [1.165, 1.54) is 17.2 Å². The standard InChI is InChI=1S/C12H11ClN4O/c1-17(8-2-4-15-5-3-8)12(18)9-6-11(14)16-7-10(9)13/h2-7H,1H3,(H2,14,16). The van der Waals surface area contributed by atoms with Gasteiger partial charge in [-0.1, -0.05) is 11.6 Å². The molecule has 0 aromatic carbocycles. The fourth-order valence-electron chi connectivity index (χ4n) is 1.48. The molecule has 0 bridgehead atoms. The summed E-state index contributed by atoms with van der Waals surface area (Å²) in [5, 5.41) is 0.273. The fourth-order valence-corrected chi connectivity index (χ4v) is 1.67. The van der Waals surface area contributed by atoms with Crippen molar-refractivity contribution in [2.45, 2.75) is 0 Å². The van der Waals surface area contributed by atoms with E-state index in [4.69, 9.17) is 17.3 Å². The van der Waals surface area contributed by atoms with Crippen LogP contribution in [-0.2, 0) is 0 Å². The number of nitrogen functional groups attached to an aromatic ring is 1. The Kier molecular flexibility index (Phi) is 3.43. The van der Waals surface area contributed by atoms with Gasteiger partial charge in [-0.2, -0.15) is 0 Å². The molecule has 0 saturated heterocycles. The summed E-state index contributed by atoms with van der Waals surface area (Å²) in [4.78, 5) is 21.4. The van der Waals surface area contributed by atoms with E-state index in [9.17, 15) is 4.79 Å². The molecular formula is C12H11ClN4O. The summed E-state index contributed by atoms with van der Waals surface area (Å²) in [6, 6.07) is 4.93. The zero-order chi connectivity index (χ0) is 13.1. The Morgan fingerprint density at radius 1 is 1.39 bits per heavy atom. The van der Waals surface area contributed by atoms with E-state index in [2.05, 4.69) is 9.97 Å². The molecule has 0 atom stereocenters. The highest BCUT2D eigenvalue weighted by molar-refractivity contribution is 6.34. The number of carbonyl (C=O) groups excluding carboxylic acids is 1. The Balaban J connectivity index is 2.34. The van der Waals surface area contributed by atoms with Crippen LogP contribution >= 0.6 is 11.6 Å². The molecule has 2 aromatic rings. The van der Waals surface area contributed by atoms with Crippen molar-refractivity contribution >= 4 is 29.0 Å². The van der Waals surface area contributed by atoms with Crippen LogP contribution < -0.4 is 10.6 Å². The molecule has 18 heavy (non-hydrogen) atoms. The summed E-state index contributed by atoms with van der Waals surface area (Å²) in [5.74, 6) is 0.00572. The van der Waals surface area contributed by atoms with E-state index in [0.717, 1.165) is 5.69 Å². The lowest BCUT2D eigenvalue weighted by Crippen LogP contribution is -2.26. The van der Waals surface area contributed by atoms with Crippen LogP contribution in [0.1, 0.15) is 10.4 Å². The van der Waals surface area contributed by atoms with Gasteiger partial charge in [0, 0.05) is 31.3 Å². The first-order valence-electron chi connectivity index (χ1n) is 5.18. The first-order chi connectivity index (χ1) is 8.59. The Hall–Kier alpha value is -2.14. The highest BCUT2D eigenvalue weighted by atomic mass is 35.5. The van der Waals surface area contributed by atoms with Gasteiger partial charge in [-0.25, -0.2) is 4.98 Å². The Morgan fingerprint density at radius 2 is 2.06 bits per heavy atom. The lowest BCUT2D eigenvalue weighted by Gasteiger charge is -2.17. The van der Waals surface area contributed by atoms with Crippen molar-refractivity contribution < 1.29 is 4.79 Å². The molecule has 1 amide bonds. The van der Waals surface area contributed by atoms with Crippen molar-refractivity contribution in [1.29, 1.82) is 0 Å². The maximum Gasteiger partial charge on any atom is 0.259 e. The molecule has 5 nitrogen and oxygen atoms in total. The number of amides is 1. The fraction of sp³-hybridized carbons (Fsp3) is 0.0833. The van der Waals surface area contributed by atoms with Crippen LogP contribution in [0.3, 0.4) is 0 Å². The molecule has 0 radical (unpaired) electrons. The van der Waals surface area contributed by atoms with Crippen LogP contribution in [0.15, 0.2) is 36.8 Å². The second kappa shape index (κ2) is 5.01. The molecule has 0 unspecified atom stereocenters. The summed E-state index contributed by atoms with van der Waals surface area (Å²) in [5.41, 5.74) is 6.60. The SMILES string of the molecule is CN(C(=O)c1cc(N)ncc1Cl)c1ccncc1. The van der Waals surface area contributed by atoms with Crippen molar-refractivity contribution in [3.63, 3.8) is 0 Å². The number of nitrogens with two attached hydrogens (primary N) is 1. The normalized spacial score (nSPS) is 10.1. The van der Waals surface area contributed by atoms with E-state index in [1.807, 2.05) is 0 Å². The zero-order valence-electron chi connectivity index (χ0n) is 9.67. The quantitative estimate of drug-likeness (QED) is 0.898. The third kappa shape index (κ3) is 2.41. The molecule has 0 saturated carbocycles. The summed E-state index contributed by atoms with van der Waals surface area (Å²) >= 11 is 5.94. The van der Waals surface area contributed by atoms with E-state index < -0.39 is 0 Å². The van der Waals surface area contributed by atoms with Crippen LogP contribution in [0.5, 0.6) is 0 Å². The minimum atomic E-state index is -0.250. The molecule has 0 fully saturated rings. The smallest absolute Gasteiger partial charge is 0.259 e. The van der Waals surface area contributed by atoms with Crippen LogP contribution in [0, 0.1) is 0 Å². The second-order valence-electron chi connectivity index (χ2n) is 3.66. The van der Waals surface area contributed by atoms with Crippen molar-refractivity contribution in [2.75, 3.05) is 17.7 Å². The molecular weight excluding hydrogens is 252 g/mol. The minimum Gasteiger partial charge on any atom is -0.384 e. The van der Waals surface area contributed by atoms with E-state index in [-0.39, 0.29) is 16.7 Å². The molecule has 2 rings (SSSR count). The molecule has 6 heteroatoms. The van der Waals surface area contributed by atoms with Gasteiger partial charge in [0.05, 0.1) is 10.6 Å². The van der Waals surface area contributed by atoms with Gasteiger partial charge in [-0.15, -0.1) is 0 Å². The predicted octanol–water partition coefficient (Wildman–Crippen LogP) is 1.99. The Labute approximate surface area is 109 Å². The lowest BCUT2D eigenvalue weighted by molar-refractivity contribution is 0.0993. The molecule has 0 spiro atoms. The molecule has 0 aliphatic heterocycles. The van der Waals surface area contributed by atoms with Gasteiger partial charge in [-0.05, 0) is 18.2 Å². The third-order valence-electron chi connectivity index (χ3n) is 2.46. The topological polar surface area (TPSA) is 72.1 Å². The van der Waals surface area contributed by atoms with Gasteiger partial charge in [0.2, 0.25) is 0 Å². The number of halogens is 1. The predicted molar refractivity (Wildman–Crippen MR) is 70.6 cm³/mol. The largest absolute Gasteiger partial charge is 0.384 e. The highest BCUT2D eigenvalue weighted by Gasteiger charge is 2.17. The van der Waals surface area contributed by atoms with Crippen LogP contribution in [-0.4, -0.2) is 22.9 Å². The highest BCUT2D eigenvalue weighted by Crippen LogP contribution is 2.21.